The minimum Gasteiger partial charge on any atom is -0.485 e. The Labute approximate surface area is 120 Å². The van der Waals surface area contributed by atoms with Crippen LogP contribution in [0, 0.1) is 40.9 Å². The van der Waals surface area contributed by atoms with Crippen LogP contribution in [0.3, 0.4) is 0 Å². The van der Waals surface area contributed by atoms with Crippen LogP contribution in [0.1, 0.15) is 5.56 Å². The zero-order chi connectivity index (χ0) is 15.8. The fourth-order valence-corrected chi connectivity index (χ4v) is 1.44. The highest BCUT2D eigenvalue weighted by Gasteiger charge is 2.12. The third kappa shape index (κ3) is 4.49. The Morgan fingerprint density at radius 2 is 1.90 bits per heavy atom. The van der Waals surface area contributed by atoms with E-state index < -0.39 is 18.6 Å². The normalized spacial score (nSPS) is 9.19. The number of nitrogens with zero attached hydrogens (tertiary/aromatic N) is 3. The number of nitriles is 3. The zero-order valence-corrected chi connectivity index (χ0v) is 11.0. The van der Waals surface area contributed by atoms with E-state index >= 15 is 0 Å². The summed E-state index contributed by atoms with van der Waals surface area (Å²) in [4.78, 5) is 0. The van der Waals surface area contributed by atoms with Crippen molar-refractivity contribution < 1.29 is 13.5 Å². The van der Waals surface area contributed by atoms with Gasteiger partial charge in [0.15, 0.2) is 5.57 Å². The molecule has 0 radical (unpaired) electrons. The lowest BCUT2D eigenvalue weighted by Gasteiger charge is -2.13. The molecule has 0 atom stereocenters. The largest absolute Gasteiger partial charge is 0.485 e. The van der Waals surface area contributed by atoms with Crippen molar-refractivity contribution in [1.29, 1.82) is 15.8 Å². The molecule has 5 nitrogen and oxygen atoms in total. The van der Waals surface area contributed by atoms with Crippen LogP contribution >= 0.6 is 0 Å². The summed E-state index contributed by atoms with van der Waals surface area (Å²) in [6.45, 7) is 0.958. The van der Waals surface area contributed by atoms with E-state index in [1.165, 1.54) is 6.07 Å². The molecule has 0 fully saturated rings. The summed E-state index contributed by atoms with van der Waals surface area (Å²) in [5, 5.41) is 29.0. The molecule has 1 N–H and O–H groups in total. The van der Waals surface area contributed by atoms with Crippen LogP contribution in [-0.2, 0) is 0 Å². The molecule has 0 aliphatic carbocycles. The summed E-state index contributed by atoms with van der Waals surface area (Å²) >= 11 is 0. The number of hydrogen-bond donors (Lipinski definition) is 1. The fraction of sp³-hybridized carbons (Fsp3) is 0.214. The van der Waals surface area contributed by atoms with Crippen LogP contribution in [0.2, 0.25) is 0 Å². The fourth-order valence-electron chi connectivity index (χ4n) is 1.44. The highest BCUT2D eigenvalue weighted by Crippen LogP contribution is 2.27. The lowest BCUT2D eigenvalue weighted by molar-refractivity contribution is 0.0822. The monoisotopic (exact) mass is 288 g/mol. The van der Waals surface area contributed by atoms with Crippen LogP contribution in [-0.4, -0.2) is 13.0 Å². The van der Waals surface area contributed by atoms with Crippen LogP contribution in [0.15, 0.2) is 29.5 Å². The van der Waals surface area contributed by atoms with Crippen molar-refractivity contribution in [3.63, 3.8) is 0 Å². The molecule has 0 amide bonds. The van der Waals surface area contributed by atoms with E-state index in [0.717, 1.165) is 5.56 Å². The summed E-state index contributed by atoms with van der Waals surface area (Å²) < 4.78 is 29.3. The Hall–Kier alpha value is -3.11. The molecule has 21 heavy (non-hydrogen) atoms. The molecule has 0 aliphatic rings. The van der Waals surface area contributed by atoms with Crippen molar-refractivity contribution in [2.24, 2.45) is 0 Å². The lowest BCUT2D eigenvalue weighted by Crippen LogP contribution is -2.09. The molecule has 0 bridgehead atoms. The Balaban J connectivity index is 3.15. The standard InChI is InChI=1S/C14H10F2N4O/c1-9-2-3-13(21-8-14(15)16)11(4-9)20-12(7-19)10(5-17)6-18/h2-4,14,20H,8H2,1H3. The van der Waals surface area contributed by atoms with E-state index in [1.807, 2.05) is 0 Å². The third-order valence-corrected chi connectivity index (χ3v) is 2.34. The highest BCUT2D eigenvalue weighted by molar-refractivity contribution is 5.65. The van der Waals surface area contributed by atoms with Gasteiger partial charge in [-0.3, -0.25) is 0 Å². The Kier molecular flexibility index (Phi) is 5.67. The van der Waals surface area contributed by atoms with Gasteiger partial charge in [-0.15, -0.1) is 0 Å². The summed E-state index contributed by atoms with van der Waals surface area (Å²) in [6, 6.07) is 9.52. The molecule has 7 heteroatoms. The molecule has 0 saturated carbocycles. The number of hydrogen-bond acceptors (Lipinski definition) is 5. The molecule has 0 unspecified atom stereocenters. The quantitative estimate of drug-likeness (QED) is 0.841. The first kappa shape index (κ1) is 15.9. The van der Waals surface area contributed by atoms with Gasteiger partial charge in [0.1, 0.15) is 36.3 Å². The number of aryl methyl sites for hydroxylation is 1. The summed E-state index contributed by atoms with van der Waals surface area (Å²) in [5.74, 6) is 0.101. The summed E-state index contributed by atoms with van der Waals surface area (Å²) in [5.41, 5.74) is 0.344. The number of rotatable bonds is 5. The van der Waals surface area contributed by atoms with Gasteiger partial charge in [0.05, 0.1) is 5.69 Å². The molecule has 1 aromatic carbocycles. The van der Waals surface area contributed by atoms with Gasteiger partial charge in [-0.05, 0) is 24.6 Å². The average molecular weight is 288 g/mol. The maximum atomic E-state index is 12.2. The number of ether oxygens (including phenoxy) is 1. The maximum absolute atomic E-state index is 12.2. The van der Waals surface area contributed by atoms with Crippen molar-refractivity contribution in [2.45, 2.75) is 13.3 Å². The average Bonchev–Trinajstić information content (AvgIpc) is 2.46. The number of anilines is 1. The van der Waals surface area contributed by atoms with E-state index in [9.17, 15) is 8.78 Å². The van der Waals surface area contributed by atoms with E-state index in [0.29, 0.717) is 0 Å². The van der Waals surface area contributed by atoms with E-state index in [2.05, 4.69) is 5.32 Å². The molecule has 0 aliphatic heterocycles. The molecule has 1 aromatic rings. The van der Waals surface area contributed by atoms with Gasteiger partial charge in [0.2, 0.25) is 0 Å². The van der Waals surface area contributed by atoms with Crippen molar-refractivity contribution in [3.8, 4) is 24.0 Å². The van der Waals surface area contributed by atoms with E-state index in [-0.39, 0.29) is 17.1 Å². The first-order valence-corrected chi connectivity index (χ1v) is 5.75. The van der Waals surface area contributed by atoms with Crippen LogP contribution in [0.4, 0.5) is 14.5 Å². The molecule has 0 heterocycles. The minimum absolute atomic E-state index is 0.101. The maximum Gasteiger partial charge on any atom is 0.272 e. The molecular formula is C14H10F2N4O. The number of nitrogens with one attached hydrogen (secondary N) is 1. The smallest absolute Gasteiger partial charge is 0.272 e. The zero-order valence-electron chi connectivity index (χ0n) is 11.0. The van der Waals surface area contributed by atoms with E-state index in [4.69, 9.17) is 20.5 Å². The van der Waals surface area contributed by atoms with Gasteiger partial charge >= 0.3 is 0 Å². The predicted molar refractivity (Wildman–Crippen MR) is 70.2 cm³/mol. The van der Waals surface area contributed by atoms with Gasteiger partial charge < -0.3 is 10.1 Å². The first-order chi connectivity index (χ1) is 10.0. The van der Waals surface area contributed by atoms with E-state index in [1.54, 1.807) is 37.3 Å². The molecule has 1 rings (SSSR count). The van der Waals surface area contributed by atoms with Crippen molar-refractivity contribution in [2.75, 3.05) is 11.9 Å². The summed E-state index contributed by atoms with van der Waals surface area (Å²) in [7, 11) is 0. The predicted octanol–water partition coefficient (Wildman–Crippen LogP) is 2.88. The van der Waals surface area contributed by atoms with Crippen LogP contribution in [0.5, 0.6) is 5.75 Å². The number of halogens is 2. The molecule has 0 aromatic heterocycles. The minimum atomic E-state index is -2.64. The SMILES string of the molecule is Cc1ccc(OCC(F)F)c(NC(C#N)=C(C#N)C#N)c1. The van der Waals surface area contributed by atoms with Gasteiger partial charge in [0.25, 0.3) is 6.43 Å². The lowest BCUT2D eigenvalue weighted by atomic mass is 10.2. The second kappa shape index (κ2) is 7.47. The van der Waals surface area contributed by atoms with Gasteiger partial charge in [0, 0.05) is 0 Å². The molecular weight excluding hydrogens is 278 g/mol. The van der Waals surface area contributed by atoms with Crippen LogP contribution in [0.25, 0.3) is 0 Å². The number of allylic oxidation sites excluding steroid dienone is 2. The second-order valence-electron chi connectivity index (χ2n) is 3.91. The Bertz CT molecular complexity index is 662. The van der Waals surface area contributed by atoms with Crippen molar-refractivity contribution >= 4 is 5.69 Å². The van der Waals surface area contributed by atoms with Crippen LogP contribution < -0.4 is 10.1 Å². The second-order valence-corrected chi connectivity index (χ2v) is 3.91. The van der Waals surface area contributed by atoms with Gasteiger partial charge in [-0.25, -0.2) is 8.78 Å². The molecule has 0 spiro atoms. The number of benzene rings is 1. The van der Waals surface area contributed by atoms with Crippen molar-refractivity contribution in [3.05, 3.63) is 35.0 Å². The molecule has 0 saturated heterocycles. The number of alkyl halides is 2. The molecule has 106 valence electrons. The third-order valence-electron chi connectivity index (χ3n) is 2.34. The first-order valence-electron chi connectivity index (χ1n) is 5.75. The van der Waals surface area contributed by atoms with Gasteiger partial charge in [-0.1, -0.05) is 6.07 Å². The summed E-state index contributed by atoms with van der Waals surface area (Å²) in [6.07, 6.45) is -2.64. The van der Waals surface area contributed by atoms with Gasteiger partial charge in [-0.2, -0.15) is 15.8 Å². The Morgan fingerprint density at radius 1 is 1.24 bits per heavy atom. The topological polar surface area (TPSA) is 92.6 Å². The van der Waals surface area contributed by atoms with Crippen molar-refractivity contribution in [1.82, 2.24) is 0 Å². The Morgan fingerprint density at radius 3 is 2.43 bits per heavy atom. The highest BCUT2D eigenvalue weighted by atomic mass is 19.3.